The molecule has 0 unspecified atom stereocenters. The molecule has 0 bridgehead atoms. The van der Waals surface area contributed by atoms with Crippen molar-refractivity contribution in [2.75, 3.05) is 6.16 Å². The number of aromatic nitrogens is 2. The van der Waals surface area contributed by atoms with Gasteiger partial charge in [0.15, 0.2) is 0 Å². The molecule has 3 rings (SSSR count). The van der Waals surface area contributed by atoms with Crippen LogP contribution in [-0.4, -0.2) is 22.0 Å². The van der Waals surface area contributed by atoms with Crippen LogP contribution in [-0.2, 0) is 13.6 Å². The van der Waals surface area contributed by atoms with Crippen molar-refractivity contribution in [3.05, 3.63) is 18.7 Å². The van der Waals surface area contributed by atoms with Crippen LogP contribution in [0, 0.1) is 0 Å². The van der Waals surface area contributed by atoms with E-state index in [0.29, 0.717) is 7.92 Å². The monoisotopic (exact) mass is 424 g/mol. The number of halogens is 6. The van der Waals surface area contributed by atoms with Crippen molar-refractivity contribution in [2.45, 2.75) is 69.2 Å². The minimum atomic E-state index is -10.7. The van der Waals surface area contributed by atoms with Crippen LogP contribution < -0.4 is 4.57 Å². The number of hydrogen-bond acceptors (Lipinski definition) is 0. The van der Waals surface area contributed by atoms with Crippen molar-refractivity contribution < 1.29 is 29.7 Å². The summed E-state index contributed by atoms with van der Waals surface area (Å²) in [7, 11) is -8.25. The Morgan fingerprint density at radius 2 is 1.35 bits per heavy atom. The number of rotatable bonds is 5. The summed E-state index contributed by atoms with van der Waals surface area (Å²) in [6.07, 6.45) is 20.3. The predicted molar refractivity (Wildman–Crippen MR) is 95.5 cm³/mol. The molecule has 1 aromatic heterocycles. The second-order valence-electron chi connectivity index (χ2n) is 7.39. The van der Waals surface area contributed by atoms with Gasteiger partial charge < -0.3 is 0 Å². The van der Waals surface area contributed by atoms with Crippen LogP contribution in [0.25, 0.3) is 0 Å². The molecule has 2 fully saturated rings. The maximum atomic E-state index is 9.87. The quantitative estimate of drug-likeness (QED) is 0.272. The van der Waals surface area contributed by atoms with Crippen LogP contribution in [0.4, 0.5) is 25.2 Å². The van der Waals surface area contributed by atoms with Crippen LogP contribution in [0.1, 0.15) is 51.4 Å². The molecule has 2 aliphatic rings. The van der Waals surface area contributed by atoms with Gasteiger partial charge in [-0.1, -0.05) is 33.6 Å². The average molecular weight is 424 g/mol. The zero-order valence-electron chi connectivity index (χ0n) is 15.0. The van der Waals surface area contributed by atoms with Gasteiger partial charge in [0.05, 0.1) is 13.6 Å². The van der Waals surface area contributed by atoms with Crippen molar-refractivity contribution in [1.82, 2.24) is 4.57 Å². The third kappa shape index (κ3) is 9.55. The molecule has 1 aromatic rings. The van der Waals surface area contributed by atoms with Crippen LogP contribution in [0.5, 0.6) is 0 Å². The zero-order valence-corrected chi connectivity index (χ0v) is 16.8. The fourth-order valence-electron chi connectivity index (χ4n) is 4.00. The summed E-state index contributed by atoms with van der Waals surface area (Å²) in [5, 5.41) is 0. The summed E-state index contributed by atoms with van der Waals surface area (Å²) >= 11 is 0. The van der Waals surface area contributed by atoms with Gasteiger partial charge in [0.2, 0.25) is 6.33 Å². The molecule has 2 nitrogen and oxygen atoms in total. The van der Waals surface area contributed by atoms with Crippen molar-refractivity contribution in [1.29, 1.82) is 0 Å². The van der Waals surface area contributed by atoms with Crippen molar-refractivity contribution >= 4 is 15.7 Å². The first kappa shape index (κ1) is 21.9. The van der Waals surface area contributed by atoms with E-state index in [1.807, 2.05) is 0 Å². The molecular formula is C16H28F6N2P2. The first-order chi connectivity index (χ1) is 11.8. The van der Waals surface area contributed by atoms with Crippen LogP contribution in [0.15, 0.2) is 18.7 Å². The van der Waals surface area contributed by atoms with Crippen molar-refractivity contribution in [2.24, 2.45) is 7.05 Å². The van der Waals surface area contributed by atoms with E-state index in [9.17, 15) is 25.2 Å². The van der Waals surface area contributed by atoms with Gasteiger partial charge in [0.25, 0.3) is 0 Å². The fraction of sp³-hybridized carbons (Fsp3) is 0.812. The Morgan fingerprint density at radius 3 is 1.69 bits per heavy atom. The van der Waals surface area contributed by atoms with E-state index >= 15 is 0 Å². The standard InChI is InChI=1S/C16H28N2P.F6P/c1-17-10-11-18(14-17)12-13-19(15-6-2-3-7-15)16-8-4-5-9-16;1-7(2,3,4,5)6/h10-11,14-16H,2-9,12-13H2,1H3;/q+1;-1. The molecule has 0 aromatic carbocycles. The average Bonchev–Trinajstić information content (AvgIpc) is 3.18. The molecule has 0 spiro atoms. The molecule has 0 N–H and O–H groups in total. The third-order valence-corrected chi connectivity index (χ3v) is 8.65. The predicted octanol–water partition coefficient (Wildman–Crippen LogP) is 7.06. The van der Waals surface area contributed by atoms with Gasteiger partial charge in [-0.2, -0.15) is 0 Å². The van der Waals surface area contributed by atoms with Crippen LogP contribution in [0.3, 0.4) is 0 Å². The molecule has 154 valence electrons. The zero-order chi connectivity index (χ0) is 19.5. The Morgan fingerprint density at radius 1 is 0.923 bits per heavy atom. The van der Waals surface area contributed by atoms with E-state index in [-0.39, 0.29) is 0 Å². The molecule has 2 saturated carbocycles. The summed E-state index contributed by atoms with van der Waals surface area (Å²) in [4.78, 5) is 0. The first-order valence-corrected chi connectivity index (χ1v) is 12.8. The molecule has 0 saturated heterocycles. The van der Waals surface area contributed by atoms with Gasteiger partial charge in [-0.05, 0) is 37.0 Å². The molecule has 0 aliphatic heterocycles. The molecule has 10 heteroatoms. The minimum absolute atomic E-state index is 0.293. The number of aryl methyl sites for hydroxylation is 2. The molecular weight excluding hydrogens is 396 g/mol. The summed E-state index contributed by atoms with van der Waals surface area (Å²) in [5.41, 5.74) is 2.23. The Bertz CT molecular complexity index is 547. The Kier molecular flexibility index (Phi) is 6.40. The van der Waals surface area contributed by atoms with E-state index in [1.54, 1.807) is 25.7 Å². The number of hydrogen-bond donors (Lipinski definition) is 0. The van der Waals surface area contributed by atoms with E-state index in [4.69, 9.17) is 0 Å². The normalized spacial score (nSPS) is 22.2. The second-order valence-corrected chi connectivity index (χ2v) is 12.2. The summed E-state index contributed by atoms with van der Waals surface area (Å²) in [5.74, 6) is 0. The number of nitrogens with zero attached hydrogens (tertiary/aromatic N) is 2. The van der Waals surface area contributed by atoms with Gasteiger partial charge in [0.1, 0.15) is 12.4 Å². The molecule has 0 radical (unpaired) electrons. The van der Waals surface area contributed by atoms with Crippen molar-refractivity contribution in [3.63, 3.8) is 0 Å². The maximum absolute atomic E-state index is 10.7. The van der Waals surface area contributed by atoms with Gasteiger partial charge >= 0.3 is 33.0 Å². The fourth-order valence-corrected chi connectivity index (χ4v) is 7.85. The van der Waals surface area contributed by atoms with Crippen molar-refractivity contribution in [3.8, 4) is 0 Å². The topological polar surface area (TPSA) is 8.81 Å². The van der Waals surface area contributed by atoms with E-state index in [0.717, 1.165) is 11.3 Å². The van der Waals surface area contributed by atoms with Gasteiger partial charge in [0, 0.05) is 6.16 Å². The van der Waals surface area contributed by atoms with E-state index in [1.165, 1.54) is 38.4 Å². The van der Waals surface area contributed by atoms with Gasteiger partial charge in [-0.15, -0.1) is 0 Å². The summed E-state index contributed by atoms with van der Waals surface area (Å²) in [6.45, 7) is 1.25. The molecule has 2 aliphatic carbocycles. The van der Waals surface area contributed by atoms with Crippen LogP contribution >= 0.6 is 15.7 Å². The van der Waals surface area contributed by atoms with Gasteiger partial charge in [-0.3, -0.25) is 0 Å². The van der Waals surface area contributed by atoms with E-state index in [2.05, 4.69) is 34.9 Å². The Balaban J connectivity index is 0.000000298. The van der Waals surface area contributed by atoms with Gasteiger partial charge in [-0.25, -0.2) is 9.13 Å². The second kappa shape index (κ2) is 7.58. The summed E-state index contributed by atoms with van der Waals surface area (Å²) < 4.78 is 63.7. The van der Waals surface area contributed by atoms with E-state index < -0.39 is 7.81 Å². The SMILES string of the molecule is C[n+]1ccn(CCP(C2CCCC2)C2CCCC2)c1.F[P-](F)(F)(F)(F)F. The first-order valence-electron chi connectivity index (χ1n) is 9.11. The molecule has 0 atom stereocenters. The molecule has 26 heavy (non-hydrogen) atoms. The Hall–Kier alpha value is -0.350. The number of imidazole rings is 1. The third-order valence-electron chi connectivity index (χ3n) is 5.03. The van der Waals surface area contributed by atoms with Crippen LogP contribution in [0.2, 0.25) is 0 Å². The molecule has 1 heterocycles. The summed E-state index contributed by atoms with van der Waals surface area (Å²) in [6, 6.07) is 0. The molecule has 0 amide bonds. The Labute approximate surface area is 151 Å².